The van der Waals surface area contributed by atoms with E-state index in [2.05, 4.69) is 54.4 Å². The fraction of sp³-hybridized carbons (Fsp3) is 0.643. The molecule has 0 radical (unpaired) electrons. The molecule has 1 aliphatic rings. The minimum Gasteiger partial charge on any atom is -0.350 e. The lowest BCUT2D eigenvalue weighted by Gasteiger charge is -2.10. The maximum absolute atomic E-state index is 4.23. The van der Waals surface area contributed by atoms with E-state index in [0.717, 1.165) is 47.0 Å². The Hall–Kier alpha value is -1.30. The quantitative estimate of drug-likeness (QED) is 0.399. The highest BCUT2D eigenvalue weighted by Gasteiger charge is 2.17. The van der Waals surface area contributed by atoms with E-state index in [4.69, 9.17) is 0 Å². The number of rotatable bonds is 5. The number of fused-ring (bicyclic) bond motifs is 1. The molecule has 0 unspecified atom stereocenters. The smallest absolute Gasteiger partial charge is 0.191 e. The van der Waals surface area contributed by atoms with Crippen LogP contribution in [0.5, 0.6) is 0 Å². The van der Waals surface area contributed by atoms with Crippen molar-refractivity contribution in [1.82, 2.24) is 35.6 Å². The van der Waals surface area contributed by atoms with Crippen molar-refractivity contribution in [2.24, 2.45) is 4.99 Å². The lowest BCUT2D eigenvalue weighted by molar-refractivity contribution is 0.662. The predicted molar refractivity (Wildman–Crippen MR) is 105 cm³/mol. The van der Waals surface area contributed by atoms with Crippen LogP contribution in [0.3, 0.4) is 0 Å². The third-order valence-electron chi connectivity index (χ3n) is 3.71. The second-order valence-corrected chi connectivity index (χ2v) is 6.85. The third kappa shape index (κ3) is 4.41. The number of hydrogen-bond acceptors (Lipinski definition) is 6. The molecule has 0 saturated carbocycles. The van der Waals surface area contributed by atoms with Crippen molar-refractivity contribution in [2.75, 3.05) is 7.05 Å². The van der Waals surface area contributed by atoms with E-state index in [1.165, 1.54) is 0 Å². The molecule has 0 bridgehead atoms. The van der Waals surface area contributed by atoms with Gasteiger partial charge in [0.2, 0.25) is 0 Å². The monoisotopic (exact) mass is 462 g/mol. The van der Waals surface area contributed by atoms with E-state index >= 15 is 0 Å². The largest absolute Gasteiger partial charge is 0.350 e. The number of nitrogens with zero attached hydrogens (tertiary/aromatic N) is 6. The Morgan fingerprint density at radius 3 is 2.71 bits per heavy atom. The van der Waals surface area contributed by atoms with Crippen LogP contribution in [-0.4, -0.2) is 38.0 Å². The molecule has 0 amide bonds. The Bertz CT molecular complexity index is 693. The fourth-order valence-electron chi connectivity index (χ4n) is 2.46. The van der Waals surface area contributed by atoms with E-state index < -0.39 is 0 Å². The molecular formula is C14H23IN8S. The summed E-state index contributed by atoms with van der Waals surface area (Å²) in [5.74, 6) is 3.17. The van der Waals surface area contributed by atoms with Gasteiger partial charge in [-0.3, -0.25) is 4.99 Å². The number of aromatic nitrogens is 5. The number of hydrogen-bond donors (Lipinski definition) is 2. The van der Waals surface area contributed by atoms with Gasteiger partial charge in [0.25, 0.3) is 0 Å². The number of aliphatic imine (C=N–C) groups is 1. The van der Waals surface area contributed by atoms with Gasteiger partial charge in [0.1, 0.15) is 15.8 Å². The summed E-state index contributed by atoms with van der Waals surface area (Å²) in [4.78, 5) is 4.23. The summed E-state index contributed by atoms with van der Waals surface area (Å²) in [5.41, 5.74) is 0. The summed E-state index contributed by atoms with van der Waals surface area (Å²) in [5, 5.41) is 25.4. The zero-order chi connectivity index (χ0) is 16.2. The highest BCUT2D eigenvalue weighted by Crippen LogP contribution is 2.18. The average Bonchev–Trinajstić information content (AvgIpc) is 3.24. The van der Waals surface area contributed by atoms with Gasteiger partial charge in [-0.1, -0.05) is 25.2 Å². The molecule has 24 heavy (non-hydrogen) atoms. The normalized spacial score (nSPS) is 13.8. The van der Waals surface area contributed by atoms with E-state index in [9.17, 15) is 0 Å². The highest BCUT2D eigenvalue weighted by atomic mass is 127. The molecule has 3 rings (SSSR count). The molecule has 10 heteroatoms. The van der Waals surface area contributed by atoms with Gasteiger partial charge >= 0.3 is 0 Å². The van der Waals surface area contributed by atoms with Crippen LogP contribution in [0.1, 0.15) is 47.9 Å². The van der Waals surface area contributed by atoms with Crippen molar-refractivity contribution in [3.05, 3.63) is 21.7 Å². The van der Waals surface area contributed by atoms with Gasteiger partial charge in [-0.05, 0) is 6.42 Å². The van der Waals surface area contributed by atoms with Crippen molar-refractivity contribution in [1.29, 1.82) is 0 Å². The molecule has 2 aromatic rings. The van der Waals surface area contributed by atoms with Crippen molar-refractivity contribution < 1.29 is 0 Å². The van der Waals surface area contributed by atoms with Crippen LogP contribution >= 0.6 is 35.3 Å². The van der Waals surface area contributed by atoms with Gasteiger partial charge < -0.3 is 15.2 Å². The van der Waals surface area contributed by atoms with Crippen LogP contribution in [0.2, 0.25) is 0 Å². The van der Waals surface area contributed by atoms with Gasteiger partial charge in [0.15, 0.2) is 11.8 Å². The number of nitrogens with one attached hydrogen (secondary N) is 2. The van der Waals surface area contributed by atoms with Crippen molar-refractivity contribution in [2.45, 2.75) is 52.2 Å². The Morgan fingerprint density at radius 1 is 1.21 bits per heavy atom. The predicted octanol–water partition coefficient (Wildman–Crippen LogP) is 1.68. The zero-order valence-electron chi connectivity index (χ0n) is 14.1. The number of aryl methyl sites for hydroxylation is 1. The second kappa shape index (κ2) is 8.70. The Morgan fingerprint density at radius 2 is 2.00 bits per heavy atom. The van der Waals surface area contributed by atoms with Gasteiger partial charge in [0, 0.05) is 25.9 Å². The van der Waals surface area contributed by atoms with Crippen LogP contribution in [-0.2, 0) is 26.1 Å². The van der Waals surface area contributed by atoms with Crippen molar-refractivity contribution in [3.8, 4) is 0 Å². The fourth-order valence-corrected chi connectivity index (χ4v) is 3.24. The molecule has 8 nitrogen and oxygen atoms in total. The van der Waals surface area contributed by atoms with Gasteiger partial charge in [-0.25, -0.2) is 0 Å². The van der Waals surface area contributed by atoms with E-state index in [0.29, 0.717) is 19.0 Å². The first-order valence-electron chi connectivity index (χ1n) is 7.85. The summed E-state index contributed by atoms with van der Waals surface area (Å²) in [6.07, 6.45) is 2.18. The van der Waals surface area contributed by atoms with Crippen LogP contribution in [0.25, 0.3) is 0 Å². The standard InChI is InChI=1S/C14H22N8S.HI/c1-9(2)13-21-20-12(23-13)8-17-14(15-3)16-7-11-19-18-10-5-4-6-22(10)11;/h9H,4-8H2,1-3H3,(H2,15,16,17);1H. The lowest BCUT2D eigenvalue weighted by atomic mass is 10.2. The zero-order valence-corrected chi connectivity index (χ0v) is 17.3. The molecule has 2 aromatic heterocycles. The molecular weight excluding hydrogens is 439 g/mol. The summed E-state index contributed by atoms with van der Waals surface area (Å²) in [6, 6.07) is 0. The maximum atomic E-state index is 4.23. The SMILES string of the molecule is CN=C(NCc1nnc(C(C)C)s1)NCc1nnc2n1CCC2.I. The Balaban J connectivity index is 0.00000208. The molecule has 132 valence electrons. The summed E-state index contributed by atoms with van der Waals surface area (Å²) in [6.45, 7) is 6.47. The molecule has 0 spiro atoms. The molecule has 0 aliphatic carbocycles. The molecule has 2 N–H and O–H groups in total. The first-order chi connectivity index (χ1) is 11.2. The van der Waals surface area contributed by atoms with Gasteiger partial charge in [-0.2, -0.15) is 0 Å². The second-order valence-electron chi connectivity index (χ2n) is 5.76. The van der Waals surface area contributed by atoms with Crippen molar-refractivity contribution >= 4 is 41.3 Å². The number of guanidine groups is 1. The molecule has 3 heterocycles. The minimum atomic E-state index is 0. The van der Waals surface area contributed by atoms with E-state index in [1.807, 2.05) is 0 Å². The van der Waals surface area contributed by atoms with Crippen LogP contribution < -0.4 is 10.6 Å². The molecule has 1 aliphatic heterocycles. The molecule has 0 fully saturated rings. The lowest BCUT2D eigenvalue weighted by Crippen LogP contribution is -2.37. The van der Waals surface area contributed by atoms with Crippen LogP contribution in [0.15, 0.2) is 4.99 Å². The van der Waals surface area contributed by atoms with Crippen LogP contribution in [0.4, 0.5) is 0 Å². The third-order valence-corrected chi connectivity index (χ3v) is 4.93. The topological polar surface area (TPSA) is 92.9 Å². The molecule has 0 atom stereocenters. The summed E-state index contributed by atoms with van der Waals surface area (Å²) in [7, 11) is 1.75. The summed E-state index contributed by atoms with van der Waals surface area (Å²) < 4.78 is 2.18. The van der Waals surface area contributed by atoms with Crippen LogP contribution in [0, 0.1) is 0 Å². The first kappa shape index (κ1) is 19.0. The van der Waals surface area contributed by atoms with Gasteiger partial charge in [0.05, 0.1) is 13.1 Å². The summed E-state index contributed by atoms with van der Waals surface area (Å²) >= 11 is 1.63. The minimum absolute atomic E-state index is 0. The molecule has 0 aromatic carbocycles. The highest BCUT2D eigenvalue weighted by molar-refractivity contribution is 14.0. The maximum Gasteiger partial charge on any atom is 0.191 e. The Kier molecular flexibility index (Phi) is 6.90. The average molecular weight is 462 g/mol. The van der Waals surface area contributed by atoms with E-state index in [1.54, 1.807) is 18.4 Å². The van der Waals surface area contributed by atoms with E-state index in [-0.39, 0.29) is 24.0 Å². The van der Waals surface area contributed by atoms with Crippen molar-refractivity contribution in [3.63, 3.8) is 0 Å². The van der Waals surface area contributed by atoms with Gasteiger partial charge in [-0.15, -0.1) is 44.4 Å². The Labute approximate surface area is 162 Å². The number of halogens is 1. The molecule has 0 saturated heterocycles. The first-order valence-corrected chi connectivity index (χ1v) is 8.66.